The van der Waals surface area contributed by atoms with Crippen molar-refractivity contribution in [3.05, 3.63) is 58.9 Å². The minimum atomic E-state index is -0.150. The highest BCUT2D eigenvalue weighted by Crippen LogP contribution is 2.40. The fourth-order valence-corrected chi connectivity index (χ4v) is 4.63. The van der Waals surface area contributed by atoms with Gasteiger partial charge in [0.05, 0.1) is 47.6 Å². The topological polar surface area (TPSA) is 107 Å². The minimum Gasteiger partial charge on any atom is -0.494 e. The van der Waals surface area contributed by atoms with E-state index in [1.165, 1.54) is 0 Å². The van der Waals surface area contributed by atoms with Crippen LogP contribution in [-0.2, 0) is 4.79 Å². The third kappa shape index (κ3) is 6.27. The van der Waals surface area contributed by atoms with Crippen molar-refractivity contribution in [3.8, 4) is 5.75 Å². The van der Waals surface area contributed by atoms with E-state index in [-0.39, 0.29) is 18.4 Å². The predicted octanol–water partition coefficient (Wildman–Crippen LogP) is 3.60. The van der Waals surface area contributed by atoms with E-state index in [2.05, 4.69) is 48.2 Å². The zero-order valence-corrected chi connectivity index (χ0v) is 23.2. The van der Waals surface area contributed by atoms with Crippen LogP contribution in [-0.4, -0.2) is 82.3 Å². The number of anilines is 5. The standard InChI is InChI=1S/C27H35ClN8O2/c1-29-16-25(37)32-21-12-22(24(38-5)13-23(21)36(4)11-10-35(2)3)33-27-31-15-19(28)26(34-27)18-14-30-20-9-7-6-8-17(18)20/h6-9,12-13,15,18,29-30H,10-11,14,16H2,1-5H3,(H,32,37)(H,31,33,34). The lowest BCUT2D eigenvalue weighted by atomic mass is 9.98. The maximum absolute atomic E-state index is 12.5. The van der Waals surface area contributed by atoms with Crippen LogP contribution in [0.15, 0.2) is 42.6 Å². The molecule has 4 N–H and O–H groups in total. The van der Waals surface area contributed by atoms with Gasteiger partial charge in [0.25, 0.3) is 0 Å². The summed E-state index contributed by atoms with van der Waals surface area (Å²) in [4.78, 5) is 25.9. The second kappa shape index (κ2) is 12.3. The van der Waals surface area contributed by atoms with Gasteiger partial charge in [-0.2, -0.15) is 0 Å². The fourth-order valence-electron chi connectivity index (χ4n) is 4.41. The number of nitrogens with zero attached hydrogens (tertiary/aromatic N) is 4. The van der Waals surface area contributed by atoms with Gasteiger partial charge < -0.3 is 35.8 Å². The summed E-state index contributed by atoms with van der Waals surface area (Å²) in [6, 6.07) is 11.9. The predicted molar refractivity (Wildman–Crippen MR) is 154 cm³/mol. The number of para-hydroxylation sites is 1. The molecule has 38 heavy (non-hydrogen) atoms. The third-order valence-corrected chi connectivity index (χ3v) is 6.69. The van der Waals surface area contributed by atoms with Crippen molar-refractivity contribution < 1.29 is 9.53 Å². The van der Waals surface area contributed by atoms with Gasteiger partial charge in [0.2, 0.25) is 11.9 Å². The van der Waals surface area contributed by atoms with Crippen LogP contribution < -0.4 is 30.9 Å². The molecule has 0 saturated heterocycles. The summed E-state index contributed by atoms with van der Waals surface area (Å²) in [7, 11) is 9.38. The number of methoxy groups -OCH3 is 1. The summed E-state index contributed by atoms with van der Waals surface area (Å²) in [6.45, 7) is 2.51. The first-order valence-corrected chi connectivity index (χ1v) is 12.8. The van der Waals surface area contributed by atoms with Crippen LogP contribution in [0.1, 0.15) is 17.2 Å². The first-order valence-electron chi connectivity index (χ1n) is 12.4. The number of ether oxygens (including phenoxy) is 1. The second-order valence-electron chi connectivity index (χ2n) is 9.45. The molecule has 0 spiro atoms. The Balaban J connectivity index is 1.67. The molecule has 4 rings (SSSR count). The number of fused-ring (bicyclic) bond motifs is 1. The number of hydrogen-bond donors (Lipinski definition) is 4. The zero-order valence-electron chi connectivity index (χ0n) is 22.4. The molecule has 0 bridgehead atoms. The number of aromatic nitrogens is 2. The molecule has 0 radical (unpaired) electrons. The molecule has 11 heteroatoms. The highest BCUT2D eigenvalue weighted by Gasteiger charge is 2.27. The fraction of sp³-hybridized carbons (Fsp3) is 0.370. The second-order valence-corrected chi connectivity index (χ2v) is 9.85. The van der Waals surface area contributed by atoms with Gasteiger partial charge in [-0.3, -0.25) is 4.79 Å². The van der Waals surface area contributed by atoms with E-state index < -0.39 is 0 Å². The number of benzene rings is 2. The summed E-state index contributed by atoms with van der Waals surface area (Å²) in [6.07, 6.45) is 1.61. The van der Waals surface area contributed by atoms with Crippen LogP contribution in [0.4, 0.5) is 28.7 Å². The molecule has 1 aliphatic heterocycles. The molecule has 0 saturated carbocycles. The SMILES string of the molecule is CNCC(=O)Nc1cc(Nc2ncc(Cl)c(C3CNc4ccccc43)n2)c(OC)cc1N(C)CCN(C)C. The Morgan fingerprint density at radius 3 is 2.71 bits per heavy atom. The van der Waals surface area contributed by atoms with E-state index >= 15 is 0 Å². The number of amides is 1. The quantitative estimate of drug-likeness (QED) is 0.291. The molecule has 1 aromatic heterocycles. The Kier molecular flexibility index (Phi) is 8.88. The lowest BCUT2D eigenvalue weighted by molar-refractivity contribution is -0.115. The van der Waals surface area contributed by atoms with E-state index in [1.807, 2.05) is 45.4 Å². The Morgan fingerprint density at radius 2 is 1.97 bits per heavy atom. The first-order chi connectivity index (χ1) is 18.3. The maximum atomic E-state index is 12.5. The summed E-state index contributed by atoms with van der Waals surface area (Å²) in [5.41, 5.74) is 5.08. The van der Waals surface area contributed by atoms with Crippen molar-refractivity contribution in [1.29, 1.82) is 0 Å². The van der Waals surface area contributed by atoms with Crippen LogP contribution >= 0.6 is 11.6 Å². The van der Waals surface area contributed by atoms with Crippen LogP contribution in [0.2, 0.25) is 5.02 Å². The van der Waals surface area contributed by atoms with Crippen molar-refractivity contribution in [2.75, 3.05) is 82.3 Å². The van der Waals surface area contributed by atoms with Crippen LogP contribution in [0.3, 0.4) is 0 Å². The summed E-state index contributed by atoms with van der Waals surface area (Å²) < 4.78 is 5.73. The number of carbonyl (C=O) groups excluding carboxylic acids is 1. The van der Waals surface area contributed by atoms with E-state index in [0.717, 1.165) is 35.7 Å². The van der Waals surface area contributed by atoms with Gasteiger partial charge in [0.15, 0.2) is 0 Å². The Hall–Kier alpha value is -3.60. The Bertz CT molecular complexity index is 1290. The highest BCUT2D eigenvalue weighted by molar-refractivity contribution is 6.31. The van der Waals surface area contributed by atoms with E-state index in [4.69, 9.17) is 21.3 Å². The molecule has 0 fully saturated rings. The van der Waals surface area contributed by atoms with Crippen LogP contribution in [0.25, 0.3) is 0 Å². The van der Waals surface area contributed by atoms with E-state index in [0.29, 0.717) is 34.6 Å². The Morgan fingerprint density at radius 1 is 1.18 bits per heavy atom. The molecule has 3 aromatic rings. The largest absolute Gasteiger partial charge is 0.494 e. The van der Waals surface area contributed by atoms with E-state index in [9.17, 15) is 4.79 Å². The summed E-state index contributed by atoms with van der Waals surface area (Å²) in [5, 5.41) is 13.1. The zero-order chi connectivity index (χ0) is 27.2. The van der Waals surface area contributed by atoms with Crippen LogP contribution in [0, 0.1) is 0 Å². The number of rotatable bonds is 11. The lowest BCUT2D eigenvalue weighted by Crippen LogP contribution is -2.30. The maximum Gasteiger partial charge on any atom is 0.238 e. The molecular formula is C27H35ClN8O2. The highest BCUT2D eigenvalue weighted by atomic mass is 35.5. The smallest absolute Gasteiger partial charge is 0.238 e. The van der Waals surface area contributed by atoms with Gasteiger partial charge in [-0.15, -0.1) is 0 Å². The van der Waals surface area contributed by atoms with Gasteiger partial charge in [-0.1, -0.05) is 29.8 Å². The minimum absolute atomic E-state index is 0.00765. The van der Waals surface area contributed by atoms with Gasteiger partial charge >= 0.3 is 0 Å². The summed E-state index contributed by atoms with van der Waals surface area (Å²) >= 11 is 6.56. The summed E-state index contributed by atoms with van der Waals surface area (Å²) in [5.74, 6) is 0.834. The number of nitrogens with one attached hydrogen (secondary N) is 4. The number of carbonyl (C=O) groups is 1. The first kappa shape index (κ1) is 27.4. The number of hydrogen-bond acceptors (Lipinski definition) is 9. The number of halogens is 1. The van der Waals surface area contributed by atoms with Gasteiger partial charge in [0, 0.05) is 44.4 Å². The van der Waals surface area contributed by atoms with Crippen molar-refractivity contribution in [2.24, 2.45) is 0 Å². The molecule has 0 aliphatic carbocycles. The molecule has 202 valence electrons. The number of likely N-dealkylation sites (N-methyl/N-ethyl adjacent to an activating group) is 3. The monoisotopic (exact) mass is 538 g/mol. The molecule has 1 atom stereocenters. The molecular weight excluding hydrogens is 504 g/mol. The van der Waals surface area contributed by atoms with Gasteiger partial charge in [-0.25, -0.2) is 9.97 Å². The molecule has 1 amide bonds. The van der Waals surface area contributed by atoms with Crippen LogP contribution in [0.5, 0.6) is 5.75 Å². The Labute approximate surface area is 228 Å². The molecule has 2 aromatic carbocycles. The average Bonchev–Trinajstić information content (AvgIpc) is 3.32. The van der Waals surface area contributed by atoms with Crippen molar-refractivity contribution in [1.82, 2.24) is 20.2 Å². The molecule has 2 heterocycles. The average molecular weight is 539 g/mol. The van der Waals surface area contributed by atoms with Crippen molar-refractivity contribution in [3.63, 3.8) is 0 Å². The lowest BCUT2D eigenvalue weighted by Gasteiger charge is -2.26. The van der Waals surface area contributed by atoms with E-state index in [1.54, 1.807) is 20.4 Å². The van der Waals surface area contributed by atoms with Crippen molar-refractivity contribution in [2.45, 2.75) is 5.92 Å². The van der Waals surface area contributed by atoms with Crippen molar-refractivity contribution >= 4 is 46.2 Å². The molecule has 10 nitrogen and oxygen atoms in total. The molecule has 1 unspecified atom stereocenters. The third-order valence-electron chi connectivity index (χ3n) is 6.40. The van der Waals surface area contributed by atoms with Gasteiger partial charge in [0.1, 0.15) is 5.75 Å². The molecule has 1 aliphatic rings. The van der Waals surface area contributed by atoms with Gasteiger partial charge in [-0.05, 0) is 38.8 Å². The normalized spacial score (nSPS) is 14.1.